The fourth-order valence-electron chi connectivity index (χ4n) is 3.40. The van der Waals surface area contributed by atoms with Crippen LogP contribution in [0.15, 0.2) is 6.20 Å². The summed E-state index contributed by atoms with van der Waals surface area (Å²) in [6.07, 6.45) is 6.98. The lowest BCUT2D eigenvalue weighted by Crippen LogP contribution is -2.32. The van der Waals surface area contributed by atoms with Gasteiger partial charge in [0.15, 0.2) is 0 Å². The van der Waals surface area contributed by atoms with Gasteiger partial charge in [-0.05, 0) is 51.7 Å². The highest BCUT2D eigenvalue weighted by atomic mass is 16.4. The largest absolute Gasteiger partial charge is 0.481 e. The van der Waals surface area contributed by atoms with Crippen LogP contribution >= 0.6 is 0 Å². The highest BCUT2D eigenvalue weighted by Crippen LogP contribution is 2.25. The van der Waals surface area contributed by atoms with Gasteiger partial charge in [-0.15, -0.1) is 0 Å². The van der Waals surface area contributed by atoms with Gasteiger partial charge in [0, 0.05) is 24.9 Å². The number of nitrogens with zero attached hydrogens (tertiary/aromatic N) is 3. The molecule has 5 heteroatoms. The second-order valence-electron chi connectivity index (χ2n) is 6.30. The SMILES string of the molecule is CN1CCC(Cc2ncc3n2CC(C(=O)O)CC3)CC1. The van der Waals surface area contributed by atoms with Crippen LogP contribution in [0, 0.1) is 11.8 Å². The van der Waals surface area contributed by atoms with Gasteiger partial charge in [0.2, 0.25) is 0 Å². The molecule has 0 aromatic carbocycles. The molecule has 3 rings (SSSR count). The van der Waals surface area contributed by atoms with Crippen LogP contribution < -0.4 is 0 Å². The molecule has 0 saturated carbocycles. The summed E-state index contributed by atoms with van der Waals surface area (Å²) in [4.78, 5) is 18.1. The second kappa shape index (κ2) is 5.56. The number of hydrogen-bond acceptors (Lipinski definition) is 3. The van der Waals surface area contributed by atoms with Gasteiger partial charge in [-0.1, -0.05) is 0 Å². The summed E-state index contributed by atoms with van der Waals surface area (Å²) < 4.78 is 2.17. The lowest BCUT2D eigenvalue weighted by atomic mass is 9.93. The third-order valence-corrected chi connectivity index (χ3v) is 4.83. The number of likely N-dealkylation sites (tertiary alicyclic amines) is 1. The van der Waals surface area contributed by atoms with Crippen molar-refractivity contribution in [2.45, 2.75) is 38.6 Å². The van der Waals surface area contributed by atoms with E-state index in [0.29, 0.717) is 12.5 Å². The Hall–Kier alpha value is -1.36. The molecular formula is C15H23N3O2. The molecule has 1 aromatic heterocycles. The van der Waals surface area contributed by atoms with Gasteiger partial charge in [-0.3, -0.25) is 4.79 Å². The quantitative estimate of drug-likeness (QED) is 0.907. The van der Waals surface area contributed by atoms with Crippen molar-refractivity contribution in [1.29, 1.82) is 0 Å². The highest BCUT2D eigenvalue weighted by molar-refractivity contribution is 5.70. The number of carbonyl (C=O) groups is 1. The van der Waals surface area contributed by atoms with Gasteiger partial charge >= 0.3 is 5.97 Å². The van der Waals surface area contributed by atoms with Crippen LogP contribution in [0.3, 0.4) is 0 Å². The average molecular weight is 277 g/mol. The number of carboxylic acid groups (broad SMARTS) is 1. The van der Waals surface area contributed by atoms with Crippen LogP contribution in [-0.2, 0) is 24.2 Å². The van der Waals surface area contributed by atoms with Crippen LogP contribution in [0.5, 0.6) is 0 Å². The van der Waals surface area contributed by atoms with E-state index in [1.807, 2.05) is 6.20 Å². The molecule has 0 spiro atoms. The van der Waals surface area contributed by atoms with Crippen molar-refractivity contribution in [3.8, 4) is 0 Å². The van der Waals surface area contributed by atoms with Gasteiger partial charge < -0.3 is 14.6 Å². The van der Waals surface area contributed by atoms with E-state index in [0.717, 1.165) is 38.2 Å². The Morgan fingerprint density at radius 2 is 2.15 bits per heavy atom. The van der Waals surface area contributed by atoms with E-state index >= 15 is 0 Å². The maximum Gasteiger partial charge on any atom is 0.308 e. The molecule has 0 radical (unpaired) electrons. The lowest BCUT2D eigenvalue weighted by Gasteiger charge is -2.29. The zero-order valence-corrected chi connectivity index (χ0v) is 12.1. The molecule has 0 amide bonds. The van der Waals surface area contributed by atoms with Crippen molar-refractivity contribution in [3.05, 3.63) is 17.7 Å². The summed E-state index contributed by atoms with van der Waals surface area (Å²) >= 11 is 0. The van der Waals surface area contributed by atoms with E-state index in [4.69, 9.17) is 0 Å². The molecule has 1 N–H and O–H groups in total. The first kappa shape index (κ1) is 13.6. The number of aliphatic carboxylic acids is 1. The first-order valence-electron chi connectivity index (χ1n) is 7.58. The van der Waals surface area contributed by atoms with Crippen LogP contribution in [0.2, 0.25) is 0 Å². The van der Waals surface area contributed by atoms with Crippen molar-refractivity contribution in [3.63, 3.8) is 0 Å². The zero-order valence-electron chi connectivity index (χ0n) is 12.1. The standard InChI is InChI=1S/C15H23N3O2/c1-17-6-4-11(5-7-17)8-14-16-9-13-3-2-12(15(19)20)10-18(13)14/h9,11-12H,2-8,10H2,1H3,(H,19,20). The molecular weight excluding hydrogens is 254 g/mol. The maximum absolute atomic E-state index is 11.2. The zero-order chi connectivity index (χ0) is 14.1. The number of carboxylic acids is 1. The van der Waals surface area contributed by atoms with E-state index in [1.54, 1.807) is 0 Å². The Balaban J connectivity index is 1.69. The predicted octanol–water partition coefficient (Wildman–Crippen LogP) is 1.41. The maximum atomic E-state index is 11.2. The molecule has 2 aliphatic rings. The Kier molecular flexibility index (Phi) is 3.78. The van der Waals surface area contributed by atoms with Crippen LogP contribution in [0.4, 0.5) is 0 Å². The van der Waals surface area contributed by atoms with Gasteiger partial charge in [0.05, 0.1) is 5.92 Å². The first-order chi connectivity index (χ1) is 9.63. The minimum atomic E-state index is -0.672. The smallest absolute Gasteiger partial charge is 0.308 e. The Bertz CT molecular complexity index is 489. The number of aryl methyl sites for hydroxylation is 1. The minimum absolute atomic E-state index is 0.243. The normalized spacial score (nSPS) is 24.6. The lowest BCUT2D eigenvalue weighted by molar-refractivity contribution is -0.142. The summed E-state index contributed by atoms with van der Waals surface area (Å²) in [5.41, 5.74) is 1.21. The van der Waals surface area contributed by atoms with Crippen molar-refractivity contribution < 1.29 is 9.90 Å². The molecule has 0 bridgehead atoms. The molecule has 1 atom stereocenters. The van der Waals surface area contributed by atoms with Crippen molar-refractivity contribution in [2.75, 3.05) is 20.1 Å². The predicted molar refractivity (Wildman–Crippen MR) is 75.6 cm³/mol. The fraction of sp³-hybridized carbons (Fsp3) is 0.733. The Morgan fingerprint density at radius 3 is 2.85 bits per heavy atom. The monoisotopic (exact) mass is 277 g/mol. The second-order valence-corrected chi connectivity index (χ2v) is 6.30. The van der Waals surface area contributed by atoms with Crippen LogP contribution in [0.1, 0.15) is 30.8 Å². The van der Waals surface area contributed by atoms with Crippen molar-refractivity contribution in [2.24, 2.45) is 11.8 Å². The third-order valence-electron chi connectivity index (χ3n) is 4.83. The van der Waals surface area contributed by atoms with E-state index in [-0.39, 0.29) is 5.92 Å². The number of fused-ring (bicyclic) bond motifs is 1. The Labute approximate surface area is 119 Å². The molecule has 1 saturated heterocycles. The molecule has 0 aliphatic carbocycles. The molecule has 1 unspecified atom stereocenters. The number of hydrogen-bond donors (Lipinski definition) is 1. The molecule has 1 aromatic rings. The number of piperidine rings is 1. The summed E-state index contributed by atoms with van der Waals surface area (Å²) in [5.74, 6) is 0.880. The molecule has 110 valence electrons. The Morgan fingerprint density at radius 1 is 1.40 bits per heavy atom. The topological polar surface area (TPSA) is 58.4 Å². The number of aromatic nitrogens is 2. The van der Waals surface area contributed by atoms with Crippen molar-refractivity contribution in [1.82, 2.24) is 14.5 Å². The molecule has 20 heavy (non-hydrogen) atoms. The summed E-state index contributed by atoms with van der Waals surface area (Å²) in [7, 11) is 2.17. The highest BCUT2D eigenvalue weighted by Gasteiger charge is 2.27. The number of imidazole rings is 1. The van der Waals surface area contributed by atoms with E-state index in [9.17, 15) is 9.90 Å². The first-order valence-corrected chi connectivity index (χ1v) is 7.58. The van der Waals surface area contributed by atoms with Gasteiger partial charge in [-0.2, -0.15) is 0 Å². The summed E-state index contributed by atoms with van der Waals surface area (Å²) in [5, 5.41) is 9.20. The van der Waals surface area contributed by atoms with Crippen LogP contribution in [-0.4, -0.2) is 45.7 Å². The summed E-state index contributed by atoms with van der Waals surface area (Å²) in [6.45, 7) is 2.93. The average Bonchev–Trinajstić information content (AvgIpc) is 2.84. The van der Waals surface area contributed by atoms with Gasteiger partial charge in [0.25, 0.3) is 0 Å². The fourth-order valence-corrected chi connectivity index (χ4v) is 3.40. The van der Waals surface area contributed by atoms with Crippen molar-refractivity contribution >= 4 is 5.97 Å². The van der Waals surface area contributed by atoms with Crippen LogP contribution in [0.25, 0.3) is 0 Å². The molecule has 5 nitrogen and oxygen atoms in total. The molecule has 1 fully saturated rings. The minimum Gasteiger partial charge on any atom is -0.481 e. The molecule has 2 aliphatic heterocycles. The van der Waals surface area contributed by atoms with Gasteiger partial charge in [0.1, 0.15) is 5.82 Å². The molecule has 3 heterocycles. The van der Waals surface area contributed by atoms with E-state index in [1.165, 1.54) is 18.5 Å². The van der Waals surface area contributed by atoms with E-state index in [2.05, 4.69) is 21.5 Å². The third kappa shape index (κ3) is 2.73. The van der Waals surface area contributed by atoms with Gasteiger partial charge in [-0.25, -0.2) is 4.98 Å². The number of rotatable bonds is 3. The summed E-state index contributed by atoms with van der Waals surface area (Å²) in [6, 6.07) is 0. The van der Waals surface area contributed by atoms with E-state index < -0.39 is 5.97 Å².